The van der Waals surface area contributed by atoms with Crippen molar-refractivity contribution in [2.75, 3.05) is 5.75 Å². The second kappa shape index (κ2) is 6.62. The van der Waals surface area contributed by atoms with E-state index < -0.39 is 0 Å². The molecule has 1 rings (SSSR count). The van der Waals surface area contributed by atoms with E-state index in [1.54, 1.807) is 11.8 Å². The molecule has 5 nitrogen and oxygen atoms in total. The van der Waals surface area contributed by atoms with Crippen molar-refractivity contribution in [2.24, 2.45) is 7.05 Å². The number of thioether (sulfide) groups is 1. The summed E-state index contributed by atoms with van der Waals surface area (Å²) in [6.07, 6.45) is 0.811. The summed E-state index contributed by atoms with van der Waals surface area (Å²) in [5.74, 6) is 1.77. The first-order valence-electron chi connectivity index (χ1n) is 5.69. The first-order valence-corrected chi connectivity index (χ1v) is 6.67. The Balaban J connectivity index is 2.37. The maximum Gasteiger partial charge on any atom is 0.190 e. The van der Waals surface area contributed by atoms with E-state index in [0.29, 0.717) is 6.04 Å². The van der Waals surface area contributed by atoms with Gasteiger partial charge >= 0.3 is 0 Å². The van der Waals surface area contributed by atoms with Gasteiger partial charge in [-0.3, -0.25) is 5.32 Å². The molecule has 0 aromatic carbocycles. The maximum absolute atomic E-state index is 8.98. The molecule has 0 radical (unpaired) electrons. The van der Waals surface area contributed by atoms with Gasteiger partial charge in [0.05, 0.1) is 12.1 Å². The van der Waals surface area contributed by atoms with Gasteiger partial charge in [0.15, 0.2) is 5.16 Å². The number of aromatic nitrogens is 3. The van der Waals surface area contributed by atoms with Gasteiger partial charge in [-0.05, 0) is 27.2 Å². The van der Waals surface area contributed by atoms with Gasteiger partial charge in [0.2, 0.25) is 0 Å². The largest absolute Gasteiger partial charge is 0.309 e. The third kappa shape index (κ3) is 4.36. The summed E-state index contributed by atoms with van der Waals surface area (Å²) in [6, 6.07) is 2.52. The molecule has 1 N–H and O–H groups in total. The van der Waals surface area contributed by atoms with Crippen LogP contribution in [0.2, 0.25) is 0 Å². The molecule has 0 bridgehead atoms. The van der Waals surface area contributed by atoms with Crippen LogP contribution < -0.4 is 5.32 Å². The lowest BCUT2D eigenvalue weighted by Crippen LogP contribution is -2.33. The molecule has 0 aliphatic carbocycles. The molecule has 1 atom stereocenters. The maximum atomic E-state index is 8.98. The molecule has 0 saturated carbocycles. The fourth-order valence-corrected chi connectivity index (χ4v) is 2.33. The number of hydrogen-bond donors (Lipinski definition) is 1. The highest BCUT2D eigenvalue weighted by atomic mass is 32.2. The summed E-state index contributed by atoms with van der Waals surface area (Å²) in [6.45, 7) is 6.02. The highest BCUT2D eigenvalue weighted by molar-refractivity contribution is 7.99. The van der Waals surface area contributed by atoms with E-state index in [1.807, 2.05) is 32.4 Å². The van der Waals surface area contributed by atoms with E-state index in [2.05, 4.69) is 21.6 Å². The van der Waals surface area contributed by atoms with Gasteiger partial charge in [-0.25, -0.2) is 0 Å². The Bertz CT molecular complexity index is 393. The number of hydrogen-bond acceptors (Lipinski definition) is 5. The van der Waals surface area contributed by atoms with Crippen molar-refractivity contribution in [3.8, 4) is 6.07 Å². The van der Waals surface area contributed by atoms with E-state index in [1.165, 1.54) is 0 Å². The molecule has 0 aliphatic heterocycles. The lowest BCUT2D eigenvalue weighted by atomic mass is 10.2. The van der Waals surface area contributed by atoms with Crippen molar-refractivity contribution in [3.05, 3.63) is 5.82 Å². The molecular formula is C11H19N5S. The normalized spacial score (nSPS) is 12.7. The predicted molar refractivity (Wildman–Crippen MR) is 68.8 cm³/mol. The van der Waals surface area contributed by atoms with E-state index in [-0.39, 0.29) is 6.04 Å². The molecule has 0 amide bonds. The van der Waals surface area contributed by atoms with Crippen molar-refractivity contribution >= 4 is 11.8 Å². The van der Waals surface area contributed by atoms with Gasteiger partial charge in [-0.15, -0.1) is 10.2 Å². The van der Waals surface area contributed by atoms with E-state index >= 15 is 0 Å². The molecule has 1 heterocycles. The van der Waals surface area contributed by atoms with Gasteiger partial charge < -0.3 is 4.57 Å². The second-order valence-corrected chi connectivity index (χ2v) is 5.29. The molecule has 0 saturated heterocycles. The first kappa shape index (κ1) is 14.0. The number of nitrogens with zero attached hydrogens (tertiary/aromatic N) is 4. The SMILES string of the molecule is Cc1nnc(SCCC(C#N)NC(C)C)n1C. The van der Waals surface area contributed by atoms with E-state index in [9.17, 15) is 0 Å². The molecular weight excluding hydrogens is 234 g/mol. The van der Waals surface area contributed by atoms with Crippen molar-refractivity contribution in [2.45, 2.75) is 44.4 Å². The van der Waals surface area contributed by atoms with Crippen LogP contribution in [0.5, 0.6) is 0 Å². The third-order valence-electron chi connectivity index (χ3n) is 2.38. The summed E-state index contributed by atoms with van der Waals surface area (Å²) in [5, 5.41) is 21.2. The van der Waals surface area contributed by atoms with Crippen LogP contribution in [0.15, 0.2) is 5.16 Å². The quantitative estimate of drug-likeness (QED) is 0.778. The van der Waals surface area contributed by atoms with Gasteiger partial charge in [0.1, 0.15) is 5.82 Å². The smallest absolute Gasteiger partial charge is 0.190 e. The molecule has 6 heteroatoms. The fourth-order valence-electron chi connectivity index (χ4n) is 1.37. The minimum absolute atomic E-state index is 0.0863. The van der Waals surface area contributed by atoms with Gasteiger partial charge in [0, 0.05) is 18.8 Å². The van der Waals surface area contributed by atoms with Crippen molar-refractivity contribution in [1.82, 2.24) is 20.1 Å². The van der Waals surface area contributed by atoms with Crippen molar-refractivity contribution < 1.29 is 0 Å². The lowest BCUT2D eigenvalue weighted by molar-refractivity contribution is 0.522. The predicted octanol–water partition coefficient (Wildman–Crippen LogP) is 1.50. The molecule has 1 unspecified atom stereocenters. The van der Waals surface area contributed by atoms with Crippen LogP contribution in [0.3, 0.4) is 0 Å². The highest BCUT2D eigenvalue weighted by Gasteiger charge is 2.10. The fraction of sp³-hybridized carbons (Fsp3) is 0.727. The van der Waals surface area contributed by atoms with Gasteiger partial charge in [0.25, 0.3) is 0 Å². The molecule has 1 aromatic heterocycles. The lowest BCUT2D eigenvalue weighted by Gasteiger charge is -2.13. The topological polar surface area (TPSA) is 66.5 Å². The minimum atomic E-state index is -0.0863. The Kier molecular flexibility index (Phi) is 5.45. The van der Waals surface area contributed by atoms with Gasteiger partial charge in [-0.2, -0.15) is 5.26 Å². The van der Waals surface area contributed by atoms with Gasteiger partial charge in [-0.1, -0.05) is 11.8 Å². The van der Waals surface area contributed by atoms with Crippen LogP contribution >= 0.6 is 11.8 Å². The summed E-state index contributed by atoms with van der Waals surface area (Å²) in [7, 11) is 1.95. The Morgan fingerprint density at radius 1 is 1.47 bits per heavy atom. The molecule has 94 valence electrons. The number of rotatable bonds is 6. The average molecular weight is 253 g/mol. The first-order chi connectivity index (χ1) is 8.04. The van der Waals surface area contributed by atoms with Crippen LogP contribution in [0.25, 0.3) is 0 Å². The molecule has 0 spiro atoms. The average Bonchev–Trinajstić information content (AvgIpc) is 2.59. The van der Waals surface area contributed by atoms with Crippen LogP contribution in [-0.4, -0.2) is 32.6 Å². The molecule has 1 aromatic rings. The van der Waals surface area contributed by atoms with Crippen LogP contribution in [0.4, 0.5) is 0 Å². The zero-order valence-electron chi connectivity index (χ0n) is 10.8. The van der Waals surface area contributed by atoms with Crippen LogP contribution in [-0.2, 0) is 7.05 Å². The van der Waals surface area contributed by atoms with E-state index in [4.69, 9.17) is 5.26 Å². The van der Waals surface area contributed by atoms with Crippen molar-refractivity contribution in [3.63, 3.8) is 0 Å². The Hall–Kier alpha value is -1.06. The van der Waals surface area contributed by atoms with Crippen LogP contribution in [0, 0.1) is 18.3 Å². The summed E-state index contributed by atoms with van der Waals surface area (Å²) >= 11 is 1.64. The zero-order valence-corrected chi connectivity index (χ0v) is 11.6. The Labute approximate surface area is 107 Å². The second-order valence-electron chi connectivity index (χ2n) is 4.23. The molecule has 0 aliphatic rings. The monoisotopic (exact) mass is 253 g/mol. The zero-order chi connectivity index (χ0) is 12.8. The number of aryl methyl sites for hydroxylation is 1. The molecule has 0 fully saturated rings. The third-order valence-corrected chi connectivity index (χ3v) is 3.43. The minimum Gasteiger partial charge on any atom is -0.309 e. The summed E-state index contributed by atoms with van der Waals surface area (Å²) in [4.78, 5) is 0. The highest BCUT2D eigenvalue weighted by Crippen LogP contribution is 2.16. The Morgan fingerprint density at radius 2 is 2.18 bits per heavy atom. The Morgan fingerprint density at radius 3 is 2.65 bits per heavy atom. The number of nitrogens with one attached hydrogen (secondary N) is 1. The summed E-state index contributed by atoms with van der Waals surface area (Å²) in [5.41, 5.74) is 0. The standard InChI is InChI=1S/C11H19N5S/c1-8(2)13-10(7-12)5-6-17-11-15-14-9(3)16(11)4/h8,10,13H,5-6H2,1-4H3. The number of nitriles is 1. The van der Waals surface area contributed by atoms with E-state index in [0.717, 1.165) is 23.2 Å². The van der Waals surface area contributed by atoms with Crippen LogP contribution in [0.1, 0.15) is 26.1 Å². The molecule has 17 heavy (non-hydrogen) atoms. The summed E-state index contributed by atoms with van der Waals surface area (Å²) < 4.78 is 1.96. The van der Waals surface area contributed by atoms with Crippen molar-refractivity contribution in [1.29, 1.82) is 5.26 Å².